The smallest absolute Gasteiger partial charge is 0.132 e. The van der Waals surface area contributed by atoms with Crippen molar-refractivity contribution in [2.24, 2.45) is 0 Å². The van der Waals surface area contributed by atoms with E-state index in [1.807, 2.05) is 6.07 Å². The number of halogens is 2. The van der Waals surface area contributed by atoms with Crippen molar-refractivity contribution in [2.75, 3.05) is 0 Å². The van der Waals surface area contributed by atoms with E-state index < -0.39 is 17.7 Å². The summed E-state index contributed by atoms with van der Waals surface area (Å²) < 4.78 is 32.2. The monoisotopic (exact) mass is 289 g/mol. The van der Waals surface area contributed by atoms with Gasteiger partial charge in [0, 0.05) is 17.2 Å². The number of aliphatic hydroxyl groups excluding tert-OH is 1. The topological polar surface area (TPSA) is 53.2 Å². The van der Waals surface area contributed by atoms with Gasteiger partial charge in [-0.25, -0.2) is 8.78 Å². The summed E-state index contributed by atoms with van der Waals surface area (Å²) in [6.07, 6.45) is -0.910. The van der Waals surface area contributed by atoms with Crippen LogP contribution in [0.5, 0.6) is 5.75 Å². The van der Waals surface area contributed by atoms with Gasteiger partial charge in [-0.05, 0) is 37.3 Å². The van der Waals surface area contributed by atoms with Crippen molar-refractivity contribution in [1.82, 2.24) is 0 Å². The minimum atomic E-state index is -0.910. The van der Waals surface area contributed by atoms with Crippen LogP contribution in [0.4, 0.5) is 8.78 Å². The number of hydrogen-bond donors (Lipinski definition) is 1. The standard InChI is InChI=1S/C16H13F2NO2/c1-10(20)15-5-4-14(7-16(15)18)21-9-12-6-13(17)3-2-11(12)8-19/h2-7,10,20H,9H2,1H3. The van der Waals surface area contributed by atoms with E-state index in [1.54, 1.807) is 0 Å². The Morgan fingerprint density at radius 1 is 1.24 bits per heavy atom. The highest BCUT2D eigenvalue weighted by molar-refractivity contribution is 5.38. The first kappa shape index (κ1) is 14.9. The molecular formula is C16H13F2NO2. The Labute approximate surface area is 121 Å². The van der Waals surface area contributed by atoms with Crippen molar-refractivity contribution in [3.05, 3.63) is 64.7 Å². The van der Waals surface area contributed by atoms with Crippen molar-refractivity contribution in [1.29, 1.82) is 5.26 Å². The summed E-state index contributed by atoms with van der Waals surface area (Å²) in [5.74, 6) is -0.810. The van der Waals surface area contributed by atoms with Crippen LogP contribution in [0.1, 0.15) is 29.7 Å². The molecule has 0 aromatic heterocycles. The molecule has 0 bridgehead atoms. The number of nitriles is 1. The van der Waals surface area contributed by atoms with Crippen LogP contribution in [0.15, 0.2) is 36.4 Å². The average molecular weight is 289 g/mol. The molecule has 1 N–H and O–H groups in total. The zero-order chi connectivity index (χ0) is 15.4. The number of rotatable bonds is 4. The molecule has 2 aromatic rings. The van der Waals surface area contributed by atoms with E-state index in [9.17, 15) is 13.9 Å². The van der Waals surface area contributed by atoms with E-state index >= 15 is 0 Å². The Bertz CT molecular complexity index is 693. The molecule has 0 saturated carbocycles. The lowest BCUT2D eigenvalue weighted by Gasteiger charge is -2.11. The first-order valence-corrected chi connectivity index (χ1v) is 6.30. The third-order valence-electron chi connectivity index (χ3n) is 3.00. The summed E-state index contributed by atoms with van der Waals surface area (Å²) in [5.41, 5.74) is 0.862. The predicted octanol–water partition coefficient (Wildman–Crippen LogP) is 3.47. The summed E-state index contributed by atoms with van der Waals surface area (Å²) in [6.45, 7) is 1.42. The van der Waals surface area contributed by atoms with Gasteiger partial charge in [0.1, 0.15) is 24.0 Å². The molecule has 0 fully saturated rings. The van der Waals surface area contributed by atoms with E-state index in [0.717, 1.165) is 6.07 Å². The fourth-order valence-electron chi connectivity index (χ4n) is 1.89. The van der Waals surface area contributed by atoms with E-state index in [2.05, 4.69) is 0 Å². The highest BCUT2D eigenvalue weighted by Crippen LogP contribution is 2.23. The predicted molar refractivity (Wildman–Crippen MR) is 72.5 cm³/mol. The molecule has 0 amide bonds. The van der Waals surface area contributed by atoms with Crippen molar-refractivity contribution in [3.63, 3.8) is 0 Å². The van der Waals surface area contributed by atoms with Gasteiger partial charge in [-0.15, -0.1) is 0 Å². The minimum absolute atomic E-state index is 0.0475. The third kappa shape index (κ3) is 3.56. The van der Waals surface area contributed by atoms with E-state index in [4.69, 9.17) is 10.00 Å². The Morgan fingerprint density at radius 3 is 2.62 bits per heavy atom. The second kappa shape index (κ2) is 6.33. The molecule has 5 heteroatoms. The van der Waals surface area contributed by atoms with Crippen LogP contribution in [-0.4, -0.2) is 5.11 Å². The molecular weight excluding hydrogens is 276 g/mol. The highest BCUT2D eigenvalue weighted by atomic mass is 19.1. The van der Waals surface area contributed by atoms with Crippen molar-refractivity contribution >= 4 is 0 Å². The van der Waals surface area contributed by atoms with Crippen molar-refractivity contribution < 1.29 is 18.6 Å². The third-order valence-corrected chi connectivity index (χ3v) is 3.00. The van der Waals surface area contributed by atoms with Gasteiger partial charge in [0.05, 0.1) is 17.7 Å². The molecule has 0 spiro atoms. The van der Waals surface area contributed by atoms with Gasteiger partial charge in [-0.1, -0.05) is 0 Å². The second-order valence-electron chi connectivity index (χ2n) is 4.56. The first-order valence-electron chi connectivity index (χ1n) is 6.30. The van der Waals surface area contributed by atoms with Crippen LogP contribution in [-0.2, 0) is 6.61 Å². The van der Waals surface area contributed by atoms with Gasteiger partial charge >= 0.3 is 0 Å². The van der Waals surface area contributed by atoms with E-state index in [1.165, 1.54) is 37.3 Å². The van der Waals surface area contributed by atoms with Crippen LogP contribution in [0, 0.1) is 23.0 Å². The first-order chi connectivity index (χ1) is 10.0. The molecule has 0 radical (unpaired) electrons. The molecule has 2 aromatic carbocycles. The Morgan fingerprint density at radius 2 is 2.00 bits per heavy atom. The molecule has 0 aliphatic heterocycles. The fourth-order valence-corrected chi connectivity index (χ4v) is 1.89. The SMILES string of the molecule is CC(O)c1ccc(OCc2cc(F)ccc2C#N)cc1F. The number of hydrogen-bond acceptors (Lipinski definition) is 3. The maximum Gasteiger partial charge on any atom is 0.132 e. The molecule has 0 aliphatic carbocycles. The molecule has 0 heterocycles. The van der Waals surface area contributed by atoms with Crippen molar-refractivity contribution in [3.8, 4) is 11.8 Å². The van der Waals surface area contributed by atoms with Gasteiger partial charge in [0.15, 0.2) is 0 Å². The van der Waals surface area contributed by atoms with Gasteiger partial charge in [-0.3, -0.25) is 0 Å². The number of ether oxygens (including phenoxy) is 1. The van der Waals surface area contributed by atoms with Crippen molar-refractivity contribution in [2.45, 2.75) is 19.6 Å². The van der Waals surface area contributed by atoms with E-state index in [0.29, 0.717) is 11.1 Å². The normalized spacial score (nSPS) is 11.8. The number of aliphatic hydroxyl groups is 1. The van der Waals surface area contributed by atoms with Gasteiger partial charge < -0.3 is 9.84 Å². The zero-order valence-corrected chi connectivity index (χ0v) is 11.3. The maximum absolute atomic E-state index is 13.7. The zero-order valence-electron chi connectivity index (χ0n) is 11.3. The van der Waals surface area contributed by atoms with Crippen LogP contribution in [0.25, 0.3) is 0 Å². The maximum atomic E-state index is 13.7. The number of nitrogens with zero attached hydrogens (tertiary/aromatic N) is 1. The quantitative estimate of drug-likeness (QED) is 0.937. The molecule has 3 nitrogen and oxygen atoms in total. The lowest BCUT2D eigenvalue weighted by atomic mass is 10.1. The molecule has 0 saturated heterocycles. The van der Waals surface area contributed by atoms with Gasteiger partial charge in [-0.2, -0.15) is 5.26 Å². The van der Waals surface area contributed by atoms with Crippen LogP contribution in [0.2, 0.25) is 0 Å². The summed E-state index contributed by atoms with van der Waals surface area (Å²) in [7, 11) is 0. The Balaban J connectivity index is 2.16. The summed E-state index contributed by atoms with van der Waals surface area (Å²) in [4.78, 5) is 0. The number of benzene rings is 2. The summed E-state index contributed by atoms with van der Waals surface area (Å²) >= 11 is 0. The highest BCUT2D eigenvalue weighted by Gasteiger charge is 2.10. The fraction of sp³-hybridized carbons (Fsp3) is 0.188. The average Bonchev–Trinajstić information content (AvgIpc) is 2.45. The molecule has 1 atom stereocenters. The molecule has 0 aliphatic rings. The molecule has 108 valence electrons. The van der Waals surface area contributed by atoms with Gasteiger partial charge in [0.2, 0.25) is 0 Å². The van der Waals surface area contributed by atoms with Crippen LogP contribution < -0.4 is 4.74 Å². The lowest BCUT2D eigenvalue weighted by molar-refractivity contribution is 0.194. The summed E-state index contributed by atoms with van der Waals surface area (Å²) in [5, 5.41) is 18.3. The van der Waals surface area contributed by atoms with Gasteiger partial charge in [0.25, 0.3) is 0 Å². The molecule has 2 rings (SSSR count). The minimum Gasteiger partial charge on any atom is -0.489 e. The van der Waals surface area contributed by atoms with E-state index in [-0.39, 0.29) is 17.9 Å². The van der Waals surface area contributed by atoms with Crippen LogP contribution in [0.3, 0.4) is 0 Å². The largest absolute Gasteiger partial charge is 0.489 e. The Hall–Kier alpha value is -2.45. The second-order valence-corrected chi connectivity index (χ2v) is 4.56. The molecule has 21 heavy (non-hydrogen) atoms. The summed E-state index contributed by atoms with van der Waals surface area (Å²) in [6, 6.07) is 9.79. The van der Waals surface area contributed by atoms with Crippen LogP contribution >= 0.6 is 0 Å². The lowest BCUT2D eigenvalue weighted by Crippen LogP contribution is -2.01. The Kier molecular flexibility index (Phi) is 4.51. The molecule has 1 unspecified atom stereocenters.